The summed E-state index contributed by atoms with van der Waals surface area (Å²) in [5, 5.41) is 1.38. The lowest BCUT2D eigenvalue weighted by Crippen LogP contribution is -2.49. The summed E-state index contributed by atoms with van der Waals surface area (Å²) in [6.45, 7) is 7.57. The van der Waals surface area contributed by atoms with Crippen molar-refractivity contribution in [1.82, 2.24) is 9.88 Å². The summed E-state index contributed by atoms with van der Waals surface area (Å²) in [6.07, 6.45) is 4.11. The molecule has 0 saturated carbocycles. The van der Waals surface area contributed by atoms with E-state index in [2.05, 4.69) is 56.0 Å². The zero-order valence-corrected chi connectivity index (χ0v) is 15.8. The molecule has 1 saturated heterocycles. The predicted molar refractivity (Wildman–Crippen MR) is 100.0 cm³/mol. The molecule has 0 bridgehead atoms. The SMILES string of the molecule is COC(=O)[C@@H]1C[C@@H]2c3cc(C(C)(C)C)cc4[nH]cc(c34)C[C@H]2N(C)C1. The molecular formula is C21H28N2O2. The van der Waals surface area contributed by atoms with E-state index in [0.717, 1.165) is 19.4 Å². The second-order valence-electron chi connectivity index (χ2n) is 8.83. The number of carbonyl (C=O) groups excluding carboxylic acids is 1. The largest absolute Gasteiger partial charge is 0.469 e. The second kappa shape index (κ2) is 5.60. The van der Waals surface area contributed by atoms with Crippen LogP contribution in [0.25, 0.3) is 10.9 Å². The zero-order chi connectivity index (χ0) is 17.9. The maximum Gasteiger partial charge on any atom is 0.309 e. The monoisotopic (exact) mass is 340 g/mol. The first-order chi connectivity index (χ1) is 11.8. The van der Waals surface area contributed by atoms with Crippen LogP contribution in [0.2, 0.25) is 0 Å². The summed E-state index contributed by atoms with van der Waals surface area (Å²) < 4.78 is 5.05. The van der Waals surface area contributed by atoms with Crippen LogP contribution in [-0.2, 0) is 21.4 Å². The fraction of sp³-hybridized carbons (Fsp3) is 0.571. The molecule has 0 amide bonds. The Morgan fingerprint density at radius 2 is 2.08 bits per heavy atom. The van der Waals surface area contributed by atoms with Gasteiger partial charge in [-0.25, -0.2) is 0 Å². The Morgan fingerprint density at radius 3 is 2.76 bits per heavy atom. The normalized spacial score (nSPS) is 26.5. The number of esters is 1. The topological polar surface area (TPSA) is 45.3 Å². The van der Waals surface area contributed by atoms with Crippen LogP contribution in [0.4, 0.5) is 0 Å². The molecule has 1 fully saturated rings. The Balaban J connectivity index is 1.85. The van der Waals surface area contributed by atoms with Gasteiger partial charge in [-0.05, 0) is 48.1 Å². The van der Waals surface area contributed by atoms with Gasteiger partial charge in [0.05, 0.1) is 13.0 Å². The average Bonchev–Trinajstić information content (AvgIpc) is 2.98. The van der Waals surface area contributed by atoms with Crippen LogP contribution in [0.3, 0.4) is 0 Å². The molecule has 4 heteroatoms. The molecule has 25 heavy (non-hydrogen) atoms. The third-order valence-electron chi connectivity index (χ3n) is 6.20. The third-order valence-corrected chi connectivity index (χ3v) is 6.20. The number of hydrogen-bond donors (Lipinski definition) is 1. The highest BCUT2D eigenvalue weighted by Gasteiger charge is 2.42. The molecule has 2 heterocycles. The number of H-pyrrole nitrogens is 1. The first-order valence-corrected chi connectivity index (χ1v) is 9.22. The van der Waals surface area contributed by atoms with Crippen molar-refractivity contribution in [2.24, 2.45) is 5.92 Å². The van der Waals surface area contributed by atoms with E-state index < -0.39 is 0 Å². The molecule has 1 aromatic heterocycles. The number of benzene rings is 1. The number of piperidine rings is 1. The van der Waals surface area contributed by atoms with Crippen LogP contribution >= 0.6 is 0 Å². The van der Waals surface area contributed by atoms with Gasteiger partial charge < -0.3 is 14.6 Å². The van der Waals surface area contributed by atoms with Gasteiger partial charge in [-0.1, -0.05) is 26.8 Å². The summed E-state index contributed by atoms with van der Waals surface area (Å²) in [7, 11) is 3.65. The second-order valence-corrected chi connectivity index (χ2v) is 8.83. The Bertz CT molecular complexity index is 830. The first kappa shape index (κ1) is 16.6. The number of rotatable bonds is 1. The van der Waals surface area contributed by atoms with Crippen molar-refractivity contribution in [3.63, 3.8) is 0 Å². The molecule has 0 radical (unpaired) electrons. The van der Waals surface area contributed by atoms with Crippen LogP contribution < -0.4 is 0 Å². The summed E-state index contributed by atoms with van der Waals surface area (Å²) >= 11 is 0. The van der Waals surface area contributed by atoms with E-state index >= 15 is 0 Å². The van der Waals surface area contributed by atoms with Crippen molar-refractivity contribution in [2.75, 3.05) is 20.7 Å². The van der Waals surface area contributed by atoms with E-state index in [0.29, 0.717) is 12.0 Å². The molecular weight excluding hydrogens is 312 g/mol. The van der Waals surface area contributed by atoms with Crippen molar-refractivity contribution >= 4 is 16.9 Å². The van der Waals surface area contributed by atoms with E-state index in [1.54, 1.807) is 0 Å². The van der Waals surface area contributed by atoms with E-state index in [1.807, 2.05) is 0 Å². The first-order valence-electron chi connectivity index (χ1n) is 9.22. The number of aromatic amines is 1. The summed E-state index contributed by atoms with van der Waals surface area (Å²) in [5.74, 6) is 0.273. The number of likely N-dealkylation sites (N-methyl/N-ethyl adjacent to an activating group) is 1. The molecule has 3 atom stereocenters. The third kappa shape index (κ3) is 2.58. The number of nitrogens with one attached hydrogen (secondary N) is 1. The molecule has 0 spiro atoms. The van der Waals surface area contributed by atoms with Gasteiger partial charge in [0, 0.05) is 35.6 Å². The van der Waals surface area contributed by atoms with Gasteiger partial charge >= 0.3 is 5.97 Å². The molecule has 1 aliphatic carbocycles. The van der Waals surface area contributed by atoms with Gasteiger partial charge in [-0.3, -0.25) is 4.79 Å². The summed E-state index contributed by atoms with van der Waals surface area (Å²) in [4.78, 5) is 18.1. The quantitative estimate of drug-likeness (QED) is 0.807. The lowest BCUT2D eigenvalue weighted by atomic mass is 9.71. The van der Waals surface area contributed by atoms with Crippen molar-refractivity contribution in [3.05, 3.63) is 35.0 Å². The van der Waals surface area contributed by atoms with E-state index in [9.17, 15) is 4.79 Å². The van der Waals surface area contributed by atoms with Gasteiger partial charge in [0.1, 0.15) is 0 Å². The molecule has 4 rings (SSSR count). The molecule has 1 aromatic carbocycles. The number of methoxy groups -OCH3 is 1. The molecule has 1 aliphatic heterocycles. The molecule has 134 valence electrons. The number of aromatic nitrogens is 1. The van der Waals surface area contributed by atoms with Crippen molar-refractivity contribution in [2.45, 2.75) is 51.0 Å². The van der Waals surface area contributed by atoms with E-state index in [-0.39, 0.29) is 17.3 Å². The van der Waals surface area contributed by atoms with E-state index in [4.69, 9.17) is 4.74 Å². The molecule has 2 aromatic rings. The Morgan fingerprint density at radius 1 is 1.32 bits per heavy atom. The van der Waals surface area contributed by atoms with Gasteiger partial charge in [-0.15, -0.1) is 0 Å². The van der Waals surface area contributed by atoms with Crippen LogP contribution in [0.5, 0.6) is 0 Å². The smallest absolute Gasteiger partial charge is 0.309 e. The number of likely N-dealkylation sites (tertiary alicyclic amines) is 1. The highest BCUT2D eigenvalue weighted by atomic mass is 16.5. The van der Waals surface area contributed by atoms with Crippen molar-refractivity contribution in [1.29, 1.82) is 0 Å². The van der Waals surface area contributed by atoms with E-state index in [1.165, 1.54) is 34.7 Å². The minimum Gasteiger partial charge on any atom is -0.469 e. The number of carbonyl (C=O) groups is 1. The van der Waals surface area contributed by atoms with Crippen molar-refractivity contribution < 1.29 is 9.53 Å². The number of nitrogens with zero attached hydrogens (tertiary/aromatic N) is 1. The van der Waals surface area contributed by atoms with Gasteiger partial charge in [0.25, 0.3) is 0 Å². The minimum absolute atomic E-state index is 0.0370. The number of ether oxygens (including phenoxy) is 1. The van der Waals surface area contributed by atoms with Crippen LogP contribution in [0, 0.1) is 5.92 Å². The Kier molecular flexibility index (Phi) is 3.73. The molecule has 1 N–H and O–H groups in total. The molecule has 0 unspecified atom stereocenters. The Labute approximate surface area is 149 Å². The van der Waals surface area contributed by atoms with Gasteiger partial charge in [0.15, 0.2) is 0 Å². The lowest BCUT2D eigenvalue weighted by Gasteiger charge is -2.45. The fourth-order valence-corrected chi connectivity index (χ4v) is 4.78. The van der Waals surface area contributed by atoms with Crippen LogP contribution in [-0.4, -0.2) is 42.6 Å². The highest BCUT2D eigenvalue weighted by molar-refractivity contribution is 5.89. The number of fused-ring (bicyclic) bond motifs is 2. The fourth-order valence-electron chi connectivity index (χ4n) is 4.78. The molecule has 4 nitrogen and oxygen atoms in total. The maximum absolute atomic E-state index is 12.2. The maximum atomic E-state index is 12.2. The molecule has 2 aliphatic rings. The number of hydrogen-bond acceptors (Lipinski definition) is 3. The lowest BCUT2D eigenvalue weighted by molar-refractivity contribution is -0.148. The van der Waals surface area contributed by atoms with Crippen LogP contribution in [0.15, 0.2) is 18.3 Å². The minimum atomic E-state index is -0.0756. The van der Waals surface area contributed by atoms with Crippen molar-refractivity contribution in [3.8, 4) is 0 Å². The average molecular weight is 340 g/mol. The Hall–Kier alpha value is -1.81. The highest BCUT2D eigenvalue weighted by Crippen LogP contribution is 2.46. The zero-order valence-electron chi connectivity index (χ0n) is 15.8. The summed E-state index contributed by atoms with van der Waals surface area (Å²) in [5.41, 5.74) is 5.52. The standard InChI is InChI=1S/C21H28N2O2/c1-21(2,3)14-8-16-15-6-13(20(24)25-5)11-23(4)18(15)7-12-10-22-17(9-14)19(12)16/h8-10,13,15,18,22H,6-7,11H2,1-5H3/t13-,15-,18-/m1/s1. The summed E-state index contributed by atoms with van der Waals surface area (Å²) in [6, 6.07) is 5.15. The van der Waals surface area contributed by atoms with Crippen LogP contribution in [0.1, 0.15) is 49.8 Å². The van der Waals surface area contributed by atoms with Gasteiger partial charge in [-0.2, -0.15) is 0 Å². The van der Waals surface area contributed by atoms with Gasteiger partial charge in [0.2, 0.25) is 0 Å². The predicted octanol–water partition coefficient (Wildman–Crippen LogP) is 3.60.